The maximum atomic E-state index is 5.56. The highest BCUT2D eigenvalue weighted by atomic mass is 16.5. The fourth-order valence-corrected chi connectivity index (χ4v) is 0.565. The second kappa shape index (κ2) is 4.73. The smallest absolute Gasteiger partial charge is 0.0626 e. The fourth-order valence-electron chi connectivity index (χ4n) is 0.565. The van der Waals surface area contributed by atoms with Crippen molar-refractivity contribution in [3.05, 3.63) is 6.92 Å². The van der Waals surface area contributed by atoms with Crippen molar-refractivity contribution in [2.75, 3.05) is 6.61 Å². The Morgan fingerprint density at radius 1 is 1.40 bits per heavy atom. The van der Waals surface area contributed by atoms with Crippen LogP contribution in [0.5, 0.6) is 0 Å². The molecule has 0 aliphatic carbocycles. The zero-order chi connectivity index (χ0) is 8.04. The van der Waals surface area contributed by atoms with Crippen LogP contribution in [-0.4, -0.2) is 12.2 Å². The molecule has 0 amide bonds. The summed E-state index contributed by atoms with van der Waals surface area (Å²) in [6.45, 7) is 11.0. The maximum absolute atomic E-state index is 5.56. The van der Waals surface area contributed by atoms with Gasteiger partial charge in [0, 0.05) is 6.61 Å². The van der Waals surface area contributed by atoms with Gasteiger partial charge in [-0.15, -0.1) is 0 Å². The predicted octanol–water partition coefficient (Wildman–Crippen LogP) is 2.81. The van der Waals surface area contributed by atoms with Gasteiger partial charge in [-0.05, 0) is 26.7 Å². The summed E-state index contributed by atoms with van der Waals surface area (Å²) < 4.78 is 5.56. The number of unbranched alkanes of at least 4 members (excludes halogenated alkanes) is 1. The van der Waals surface area contributed by atoms with E-state index in [0.29, 0.717) is 0 Å². The van der Waals surface area contributed by atoms with Gasteiger partial charge in [0.2, 0.25) is 0 Å². The number of ether oxygens (including phenoxy) is 1. The molecule has 0 fully saturated rings. The lowest BCUT2D eigenvalue weighted by Crippen LogP contribution is -2.23. The average Bonchev–Trinajstić information content (AvgIpc) is 1.89. The van der Waals surface area contributed by atoms with Crippen LogP contribution < -0.4 is 0 Å². The van der Waals surface area contributed by atoms with Crippen molar-refractivity contribution in [3.63, 3.8) is 0 Å². The van der Waals surface area contributed by atoms with Crippen molar-refractivity contribution < 1.29 is 4.74 Å². The summed E-state index contributed by atoms with van der Waals surface area (Å²) in [5, 5.41) is 0. The first-order valence-corrected chi connectivity index (χ1v) is 4.05. The molecular weight excluding hydrogens is 124 g/mol. The highest BCUT2D eigenvalue weighted by molar-refractivity contribution is 4.68. The first kappa shape index (κ1) is 9.96. The van der Waals surface area contributed by atoms with Gasteiger partial charge < -0.3 is 4.74 Å². The minimum atomic E-state index is -0.0187. The molecule has 0 aromatic heterocycles. The minimum absolute atomic E-state index is 0.0187. The summed E-state index contributed by atoms with van der Waals surface area (Å²) >= 11 is 0. The molecule has 0 heterocycles. The van der Waals surface area contributed by atoms with Crippen LogP contribution in [0.1, 0.15) is 40.0 Å². The van der Waals surface area contributed by atoms with Gasteiger partial charge in [0.25, 0.3) is 0 Å². The lowest BCUT2D eigenvalue weighted by Gasteiger charge is -2.23. The Bertz CT molecular complexity index is 76.8. The summed E-state index contributed by atoms with van der Waals surface area (Å²) in [5.41, 5.74) is -0.0187. The second-order valence-electron chi connectivity index (χ2n) is 3.21. The molecule has 0 saturated heterocycles. The molecule has 1 nitrogen and oxygen atoms in total. The molecule has 1 heteroatoms. The molecule has 0 spiro atoms. The van der Waals surface area contributed by atoms with Gasteiger partial charge in [0.05, 0.1) is 5.60 Å². The molecule has 0 aromatic carbocycles. The highest BCUT2D eigenvalue weighted by Crippen LogP contribution is 2.13. The lowest BCUT2D eigenvalue weighted by atomic mass is 10.1. The molecule has 0 aromatic rings. The molecule has 61 valence electrons. The molecule has 0 aliphatic rings. The van der Waals surface area contributed by atoms with E-state index >= 15 is 0 Å². The number of hydrogen-bond donors (Lipinski definition) is 0. The number of hydrogen-bond acceptors (Lipinski definition) is 1. The van der Waals surface area contributed by atoms with Crippen LogP contribution in [0, 0.1) is 6.92 Å². The van der Waals surface area contributed by atoms with Gasteiger partial charge >= 0.3 is 0 Å². The summed E-state index contributed by atoms with van der Waals surface area (Å²) in [7, 11) is 0. The van der Waals surface area contributed by atoms with Crippen molar-refractivity contribution >= 4 is 0 Å². The Morgan fingerprint density at radius 3 is 2.40 bits per heavy atom. The Balaban J connectivity index is 3.28. The molecular formula is C9H19O. The van der Waals surface area contributed by atoms with Gasteiger partial charge in [0.1, 0.15) is 0 Å². The van der Waals surface area contributed by atoms with Crippen LogP contribution in [0.4, 0.5) is 0 Å². The Morgan fingerprint density at radius 2 is 2.00 bits per heavy atom. The predicted molar refractivity (Wildman–Crippen MR) is 44.9 cm³/mol. The molecule has 0 aliphatic heterocycles. The van der Waals surface area contributed by atoms with Crippen LogP contribution in [0.3, 0.4) is 0 Å². The fraction of sp³-hybridized carbons (Fsp3) is 0.889. The lowest BCUT2D eigenvalue weighted by molar-refractivity contribution is -0.0167. The summed E-state index contributed by atoms with van der Waals surface area (Å²) in [5.74, 6) is 0. The van der Waals surface area contributed by atoms with E-state index < -0.39 is 0 Å². The van der Waals surface area contributed by atoms with Crippen LogP contribution in [0.15, 0.2) is 0 Å². The van der Waals surface area contributed by atoms with Gasteiger partial charge in [-0.3, -0.25) is 0 Å². The van der Waals surface area contributed by atoms with Gasteiger partial charge in [-0.2, -0.15) is 0 Å². The van der Waals surface area contributed by atoms with E-state index in [9.17, 15) is 0 Å². The first-order chi connectivity index (χ1) is 4.62. The molecule has 10 heavy (non-hydrogen) atoms. The highest BCUT2D eigenvalue weighted by Gasteiger charge is 2.13. The molecule has 0 bridgehead atoms. The molecule has 0 saturated carbocycles. The van der Waals surface area contributed by atoms with Crippen LogP contribution in [-0.2, 0) is 4.74 Å². The van der Waals surface area contributed by atoms with E-state index in [-0.39, 0.29) is 5.60 Å². The molecule has 1 radical (unpaired) electrons. The Hall–Kier alpha value is -0.0400. The summed E-state index contributed by atoms with van der Waals surface area (Å²) in [6.07, 6.45) is 3.20. The monoisotopic (exact) mass is 143 g/mol. The summed E-state index contributed by atoms with van der Waals surface area (Å²) in [4.78, 5) is 0. The zero-order valence-electron chi connectivity index (χ0n) is 7.44. The third kappa shape index (κ3) is 4.80. The van der Waals surface area contributed by atoms with E-state index in [1.165, 1.54) is 6.42 Å². The van der Waals surface area contributed by atoms with E-state index in [2.05, 4.69) is 27.7 Å². The van der Waals surface area contributed by atoms with Gasteiger partial charge in [0.15, 0.2) is 0 Å². The Kier molecular flexibility index (Phi) is 4.71. The van der Waals surface area contributed by atoms with E-state index in [1.807, 2.05) is 0 Å². The van der Waals surface area contributed by atoms with Crippen molar-refractivity contribution in [2.24, 2.45) is 0 Å². The topological polar surface area (TPSA) is 9.23 Å². The largest absolute Gasteiger partial charge is 0.376 e. The molecule has 0 rings (SSSR count). The van der Waals surface area contributed by atoms with Crippen molar-refractivity contribution in [2.45, 2.75) is 45.6 Å². The van der Waals surface area contributed by atoms with Crippen molar-refractivity contribution in [3.8, 4) is 0 Å². The average molecular weight is 143 g/mol. The van der Waals surface area contributed by atoms with Crippen molar-refractivity contribution in [1.29, 1.82) is 0 Å². The third-order valence-corrected chi connectivity index (χ3v) is 1.59. The van der Waals surface area contributed by atoms with Crippen LogP contribution in [0.2, 0.25) is 0 Å². The first-order valence-electron chi connectivity index (χ1n) is 4.05. The SMILES string of the molecule is [CH2]CC(C)(C)OCCCC. The normalized spacial score (nSPS) is 12.0. The Labute approximate surface area is 64.8 Å². The van der Waals surface area contributed by atoms with Crippen molar-refractivity contribution in [1.82, 2.24) is 0 Å². The molecule has 0 atom stereocenters. The maximum Gasteiger partial charge on any atom is 0.0626 e. The van der Waals surface area contributed by atoms with Gasteiger partial charge in [-0.25, -0.2) is 0 Å². The van der Waals surface area contributed by atoms with Gasteiger partial charge in [-0.1, -0.05) is 20.3 Å². The minimum Gasteiger partial charge on any atom is -0.376 e. The quantitative estimate of drug-likeness (QED) is 0.538. The second-order valence-corrected chi connectivity index (χ2v) is 3.21. The third-order valence-electron chi connectivity index (χ3n) is 1.59. The molecule has 0 unspecified atom stereocenters. The zero-order valence-corrected chi connectivity index (χ0v) is 7.44. The molecule has 0 N–H and O–H groups in total. The van der Waals surface area contributed by atoms with E-state index in [0.717, 1.165) is 19.4 Å². The standard InChI is InChI=1S/C9H19O/c1-5-7-8-10-9(3,4)6-2/h2,5-8H2,1,3-4H3. The van der Waals surface area contributed by atoms with E-state index in [4.69, 9.17) is 4.74 Å². The van der Waals surface area contributed by atoms with Crippen LogP contribution in [0.25, 0.3) is 0 Å². The summed E-state index contributed by atoms with van der Waals surface area (Å²) in [6, 6.07) is 0. The number of rotatable bonds is 5. The van der Waals surface area contributed by atoms with E-state index in [1.54, 1.807) is 0 Å². The van der Waals surface area contributed by atoms with Crippen LogP contribution >= 0.6 is 0 Å².